The van der Waals surface area contributed by atoms with Crippen molar-refractivity contribution in [3.8, 4) is 0 Å². The van der Waals surface area contributed by atoms with Gasteiger partial charge in [-0.15, -0.1) is 0 Å². The number of carboxylic acid groups (broad SMARTS) is 1. The standard InChI is InChI=1S/C7H11NO3/c1-3-5(7(10)11)4(2)6(8)9/h3H2,1-2H3,(H2,8,9)(H,10,11)/b5-4-. The van der Waals surface area contributed by atoms with E-state index >= 15 is 0 Å². The van der Waals surface area contributed by atoms with Gasteiger partial charge in [-0.25, -0.2) is 4.79 Å². The van der Waals surface area contributed by atoms with Crippen LogP contribution in [0, 0.1) is 0 Å². The lowest BCUT2D eigenvalue weighted by molar-refractivity contribution is -0.133. The Labute approximate surface area is 64.7 Å². The molecule has 0 atom stereocenters. The van der Waals surface area contributed by atoms with Gasteiger partial charge in [-0.1, -0.05) is 6.92 Å². The van der Waals surface area contributed by atoms with Gasteiger partial charge in [0.1, 0.15) is 0 Å². The molecule has 0 aromatic carbocycles. The maximum Gasteiger partial charge on any atom is 0.332 e. The van der Waals surface area contributed by atoms with Crippen molar-refractivity contribution < 1.29 is 14.7 Å². The molecule has 0 spiro atoms. The molecular formula is C7H11NO3. The van der Waals surface area contributed by atoms with Crippen LogP contribution in [0.5, 0.6) is 0 Å². The summed E-state index contributed by atoms with van der Waals surface area (Å²) in [6, 6.07) is 0. The minimum Gasteiger partial charge on any atom is -0.478 e. The summed E-state index contributed by atoms with van der Waals surface area (Å²) in [5.74, 6) is -1.76. The SMILES string of the molecule is CC/C(C(=O)O)=C(\C)C(N)=O. The summed E-state index contributed by atoms with van der Waals surface area (Å²) in [5, 5.41) is 8.53. The average Bonchev–Trinajstić information content (AvgIpc) is 1.88. The Bertz CT molecular complexity index is 218. The molecule has 0 aliphatic heterocycles. The molecule has 0 aromatic rings. The van der Waals surface area contributed by atoms with Crippen molar-refractivity contribution in [3.63, 3.8) is 0 Å². The first-order chi connectivity index (χ1) is 5.00. The molecule has 0 bridgehead atoms. The van der Waals surface area contributed by atoms with E-state index in [1.54, 1.807) is 6.92 Å². The lowest BCUT2D eigenvalue weighted by Crippen LogP contribution is -2.16. The summed E-state index contributed by atoms with van der Waals surface area (Å²) >= 11 is 0. The summed E-state index contributed by atoms with van der Waals surface area (Å²) in [6.07, 6.45) is 0.310. The molecule has 0 heterocycles. The van der Waals surface area contributed by atoms with E-state index in [0.717, 1.165) is 0 Å². The summed E-state index contributed by atoms with van der Waals surface area (Å²) in [5.41, 5.74) is 5.10. The van der Waals surface area contributed by atoms with Gasteiger partial charge in [0, 0.05) is 11.1 Å². The highest BCUT2D eigenvalue weighted by molar-refractivity contribution is 6.00. The second kappa shape index (κ2) is 3.75. The first-order valence-electron chi connectivity index (χ1n) is 3.23. The Morgan fingerprint density at radius 2 is 1.91 bits per heavy atom. The summed E-state index contributed by atoms with van der Waals surface area (Å²) in [4.78, 5) is 20.9. The third kappa shape index (κ3) is 2.41. The molecule has 0 saturated heterocycles. The first-order valence-corrected chi connectivity index (χ1v) is 3.23. The van der Waals surface area contributed by atoms with Gasteiger partial charge in [-0.05, 0) is 13.3 Å². The van der Waals surface area contributed by atoms with Gasteiger partial charge in [0.15, 0.2) is 0 Å². The number of aliphatic carboxylic acids is 1. The van der Waals surface area contributed by atoms with Crippen molar-refractivity contribution in [2.45, 2.75) is 20.3 Å². The lowest BCUT2D eigenvalue weighted by atomic mass is 10.1. The molecule has 0 fully saturated rings. The highest BCUT2D eigenvalue weighted by Gasteiger charge is 2.11. The predicted octanol–water partition coefficient (Wildman–Crippen LogP) is 0.283. The van der Waals surface area contributed by atoms with Crippen molar-refractivity contribution in [2.75, 3.05) is 0 Å². The zero-order valence-electron chi connectivity index (χ0n) is 6.55. The second-order valence-electron chi connectivity index (χ2n) is 2.13. The number of carbonyl (C=O) groups excluding carboxylic acids is 1. The zero-order chi connectivity index (χ0) is 9.02. The van der Waals surface area contributed by atoms with Gasteiger partial charge >= 0.3 is 5.97 Å². The minimum atomic E-state index is -1.08. The molecule has 0 rings (SSSR count). The van der Waals surface area contributed by atoms with E-state index in [9.17, 15) is 9.59 Å². The number of carbonyl (C=O) groups is 2. The van der Waals surface area contributed by atoms with Crippen LogP contribution in [-0.4, -0.2) is 17.0 Å². The fourth-order valence-corrected chi connectivity index (χ4v) is 0.726. The van der Waals surface area contributed by atoms with Crippen molar-refractivity contribution in [1.29, 1.82) is 0 Å². The predicted molar refractivity (Wildman–Crippen MR) is 39.8 cm³/mol. The van der Waals surface area contributed by atoms with Crippen LogP contribution in [0.15, 0.2) is 11.1 Å². The number of hydrogen-bond acceptors (Lipinski definition) is 2. The molecule has 0 unspecified atom stereocenters. The van der Waals surface area contributed by atoms with Gasteiger partial charge in [0.2, 0.25) is 5.91 Å². The summed E-state index contributed by atoms with van der Waals surface area (Å²) in [6.45, 7) is 3.07. The van der Waals surface area contributed by atoms with Crippen LogP contribution in [0.25, 0.3) is 0 Å². The van der Waals surface area contributed by atoms with Gasteiger partial charge in [0.25, 0.3) is 0 Å². The molecule has 0 aliphatic rings. The molecule has 0 radical (unpaired) electrons. The summed E-state index contributed by atoms with van der Waals surface area (Å²) < 4.78 is 0. The van der Waals surface area contributed by atoms with E-state index in [1.165, 1.54) is 6.92 Å². The van der Waals surface area contributed by atoms with Gasteiger partial charge < -0.3 is 10.8 Å². The van der Waals surface area contributed by atoms with Crippen molar-refractivity contribution in [1.82, 2.24) is 0 Å². The van der Waals surface area contributed by atoms with Crippen LogP contribution in [0.3, 0.4) is 0 Å². The monoisotopic (exact) mass is 157 g/mol. The van der Waals surface area contributed by atoms with Gasteiger partial charge in [-0.2, -0.15) is 0 Å². The molecule has 4 nitrogen and oxygen atoms in total. The maximum atomic E-state index is 10.5. The van der Waals surface area contributed by atoms with Crippen molar-refractivity contribution >= 4 is 11.9 Å². The molecule has 4 heteroatoms. The molecule has 0 aromatic heterocycles. The molecule has 0 aliphatic carbocycles. The third-order valence-electron chi connectivity index (χ3n) is 1.43. The molecule has 11 heavy (non-hydrogen) atoms. The summed E-state index contributed by atoms with van der Waals surface area (Å²) in [7, 11) is 0. The lowest BCUT2D eigenvalue weighted by Gasteiger charge is -2.00. The Hall–Kier alpha value is -1.32. The maximum absolute atomic E-state index is 10.5. The van der Waals surface area contributed by atoms with E-state index in [-0.39, 0.29) is 11.1 Å². The van der Waals surface area contributed by atoms with Gasteiger partial charge in [-0.3, -0.25) is 4.79 Å². The van der Waals surface area contributed by atoms with Crippen LogP contribution in [0.2, 0.25) is 0 Å². The highest BCUT2D eigenvalue weighted by atomic mass is 16.4. The Morgan fingerprint density at radius 3 is 2.00 bits per heavy atom. The third-order valence-corrected chi connectivity index (χ3v) is 1.43. The smallest absolute Gasteiger partial charge is 0.332 e. The van der Waals surface area contributed by atoms with Crippen LogP contribution < -0.4 is 5.73 Å². The minimum absolute atomic E-state index is 0.0810. The molecular weight excluding hydrogens is 146 g/mol. The number of amides is 1. The topological polar surface area (TPSA) is 80.4 Å². The van der Waals surface area contributed by atoms with E-state index in [4.69, 9.17) is 10.8 Å². The highest BCUT2D eigenvalue weighted by Crippen LogP contribution is 2.07. The van der Waals surface area contributed by atoms with Crippen LogP contribution in [0.1, 0.15) is 20.3 Å². The van der Waals surface area contributed by atoms with Gasteiger partial charge in [0.05, 0.1) is 0 Å². The zero-order valence-corrected chi connectivity index (χ0v) is 6.55. The average molecular weight is 157 g/mol. The van der Waals surface area contributed by atoms with Crippen LogP contribution in [0.4, 0.5) is 0 Å². The molecule has 62 valence electrons. The fourth-order valence-electron chi connectivity index (χ4n) is 0.726. The quantitative estimate of drug-likeness (QED) is 0.577. The van der Waals surface area contributed by atoms with E-state index < -0.39 is 11.9 Å². The molecule has 1 amide bonds. The number of nitrogens with two attached hydrogens (primary N) is 1. The number of hydrogen-bond donors (Lipinski definition) is 2. The molecule has 0 saturated carbocycles. The Kier molecular flexibility index (Phi) is 3.30. The largest absolute Gasteiger partial charge is 0.478 e. The van der Waals surface area contributed by atoms with E-state index in [1.807, 2.05) is 0 Å². The van der Waals surface area contributed by atoms with Crippen molar-refractivity contribution in [2.24, 2.45) is 5.73 Å². The second-order valence-corrected chi connectivity index (χ2v) is 2.13. The van der Waals surface area contributed by atoms with Crippen LogP contribution in [-0.2, 0) is 9.59 Å². The molecule has 3 N–H and O–H groups in total. The van der Waals surface area contributed by atoms with Crippen molar-refractivity contribution in [3.05, 3.63) is 11.1 Å². The number of primary amides is 1. The Balaban J connectivity index is 4.83. The van der Waals surface area contributed by atoms with E-state index in [2.05, 4.69) is 0 Å². The number of carboxylic acids is 1. The van der Waals surface area contributed by atoms with E-state index in [0.29, 0.717) is 6.42 Å². The Morgan fingerprint density at radius 1 is 1.45 bits per heavy atom. The normalized spacial score (nSPS) is 12.2. The van der Waals surface area contributed by atoms with Crippen LogP contribution >= 0.6 is 0 Å². The fraction of sp³-hybridized carbons (Fsp3) is 0.429. The number of rotatable bonds is 3. The first kappa shape index (κ1) is 9.68.